The lowest BCUT2D eigenvalue weighted by Crippen LogP contribution is -2.22. The van der Waals surface area contributed by atoms with Crippen LogP contribution in [0, 0.1) is 5.41 Å². The van der Waals surface area contributed by atoms with Crippen molar-refractivity contribution in [3.8, 4) is 0 Å². The fourth-order valence-electron chi connectivity index (χ4n) is 0.591. The summed E-state index contributed by atoms with van der Waals surface area (Å²) in [5.74, 6) is 0. The van der Waals surface area contributed by atoms with Crippen LogP contribution in [-0.4, -0.2) is 17.3 Å². The Kier molecular flexibility index (Phi) is 4.63. The molecule has 0 atom stereocenters. The number of nitrogens with one attached hydrogen (secondary N) is 1. The second-order valence-electron chi connectivity index (χ2n) is 2.46. The van der Waals surface area contributed by atoms with Crippen LogP contribution in [0.3, 0.4) is 0 Å². The highest BCUT2D eigenvalue weighted by Gasteiger charge is 1.97. The predicted molar refractivity (Wildman–Crippen MR) is 45.2 cm³/mol. The van der Waals surface area contributed by atoms with E-state index in [0.29, 0.717) is 6.04 Å². The number of hydrogen-bond acceptors (Lipinski definition) is 1. The van der Waals surface area contributed by atoms with Crippen LogP contribution in [0.4, 0.5) is 0 Å². The molecule has 0 aliphatic rings. The molecule has 0 saturated heterocycles. The number of nitrogens with zero attached hydrogens (tertiary/aromatic N) is 1. The second kappa shape index (κ2) is 5.03. The molecule has 0 amide bonds. The summed E-state index contributed by atoms with van der Waals surface area (Å²) in [6.45, 7) is 6.20. The first kappa shape index (κ1) is 9.21. The average molecular weight is 140 g/mol. The Balaban J connectivity index is 3.82. The first-order chi connectivity index (χ1) is 4.72. The van der Waals surface area contributed by atoms with Gasteiger partial charge in [0.25, 0.3) is 0 Å². The zero-order chi connectivity index (χ0) is 7.98. The fraction of sp³-hybridized carbons (Fsp3) is 0.625. The molecule has 0 fully saturated rings. The van der Waals surface area contributed by atoms with Crippen molar-refractivity contribution < 1.29 is 0 Å². The molecule has 2 nitrogen and oxygen atoms in total. The van der Waals surface area contributed by atoms with Gasteiger partial charge in [-0.25, -0.2) is 0 Å². The fourth-order valence-corrected chi connectivity index (χ4v) is 0.591. The van der Waals surface area contributed by atoms with Crippen LogP contribution in [0.1, 0.15) is 27.2 Å². The van der Waals surface area contributed by atoms with E-state index < -0.39 is 0 Å². The minimum Gasteiger partial charge on any atom is -0.337 e. The molecule has 0 heterocycles. The van der Waals surface area contributed by atoms with Gasteiger partial charge in [-0.2, -0.15) is 0 Å². The van der Waals surface area contributed by atoms with Gasteiger partial charge in [0.05, 0.1) is 6.34 Å². The van der Waals surface area contributed by atoms with Crippen LogP contribution in [0.15, 0.2) is 12.3 Å². The van der Waals surface area contributed by atoms with Gasteiger partial charge >= 0.3 is 0 Å². The third-order valence-electron chi connectivity index (χ3n) is 1.26. The molecule has 0 bridgehead atoms. The molecule has 1 N–H and O–H groups in total. The van der Waals surface area contributed by atoms with Gasteiger partial charge < -0.3 is 4.90 Å². The van der Waals surface area contributed by atoms with E-state index in [4.69, 9.17) is 5.41 Å². The largest absolute Gasteiger partial charge is 0.337 e. The standard InChI is InChI=1S/C8H16N2/c1-4-5-6-10(7-9)8(2)3/h5-9H,4H2,1-3H3/b6-5-,9-7?. The SMILES string of the molecule is CC/C=C\N(C=N)C(C)C. The summed E-state index contributed by atoms with van der Waals surface area (Å²) >= 11 is 0. The van der Waals surface area contributed by atoms with Gasteiger partial charge in [-0.3, -0.25) is 5.41 Å². The highest BCUT2D eigenvalue weighted by molar-refractivity contribution is 5.52. The normalized spacial score (nSPS) is 10.8. The van der Waals surface area contributed by atoms with Crippen molar-refractivity contribution in [3.05, 3.63) is 12.3 Å². The number of rotatable bonds is 4. The van der Waals surface area contributed by atoms with E-state index in [-0.39, 0.29) is 0 Å². The van der Waals surface area contributed by atoms with Crippen molar-refractivity contribution in [2.45, 2.75) is 33.2 Å². The van der Waals surface area contributed by atoms with E-state index in [0.717, 1.165) is 6.42 Å². The van der Waals surface area contributed by atoms with E-state index >= 15 is 0 Å². The molecule has 0 spiro atoms. The molecule has 0 aromatic rings. The molecule has 0 aromatic carbocycles. The van der Waals surface area contributed by atoms with Gasteiger partial charge in [0.15, 0.2) is 0 Å². The molecule has 10 heavy (non-hydrogen) atoms. The highest BCUT2D eigenvalue weighted by atomic mass is 15.1. The molecular weight excluding hydrogens is 124 g/mol. The van der Waals surface area contributed by atoms with Gasteiger partial charge in [-0.15, -0.1) is 0 Å². The summed E-state index contributed by atoms with van der Waals surface area (Å²) in [6, 6.07) is 0.389. The summed E-state index contributed by atoms with van der Waals surface area (Å²) in [4.78, 5) is 1.86. The summed E-state index contributed by atoms with van der Waals surface area (Å²) in [5, 5.41) is 7.02. The van der Waals surface area contributed by atoms with Crippen LogP contribution in [0.5, 0.6) is 0 Å². The third-order valence-corrected chi connectivity index (χ3v) is 1.26. The average Bonchev–Trinajstić information content (AvgIpc) is 1.89. The van der Waals surface area contributed by atoms with E-state index in [1.165, 1.54) is 6.34 Å². The maximum atomic E-state index is 7.02. The molecule has 0 aliphatic heterocycles. The molecular formula is C8H16N2. The van der Waals surface area contributed by atoms with Gasteiger partial charge in [0.2, 0.25) is 0 Å². The molecule has 0 aliphatic carbocycles. The summed E-state index contributed by atoms with van der Waals surface area (Å²) in [5.41, 5.74) is 0. The van der Waals surface area contributed by atoms with E-state index in [1.54, 1.807) is 0 Å². The van der Waals surface area contributed by atoms with Crippen LogP contribution in [0.25, 0.3) is 0 Å². The van der Waals surface area contributed by atoms with E-state index in [9.17, 15) is 0 Å². The minimum atomic E-state index is 0.389. The Bertz CT molecular complexity index is 116. The van der Waals surface area contributed by atoms with Crippen LogP contribution in [-0.2, 0) is 0 Å². The Labute approximate surface area is 63.0 Å². The molecule has 0 saturated carbocycles. The quantitative estimate of drug-likeness (QED) is 0.470. The first-order valence-corrected chi connectivity index (χ1v) is 3.67. The Morgan fingerprint density at radius 1 is 1.50 bits per heavy atom. The van der Waals surface area contributed by atoms with E-state index in [1.807, 2.05) is 17.2 Å². The maximum absolute atomic E-state index is 7.02. The Hall–Kier alpha value is -0.790. The van der Waals surface area contributed by atoms with E-state index in [2.05, 4.69) is 20.8 Å². The summed E-state index contributed by atoms with van der Waals surface area (Å²) in [6.07, 6.45) is 6.36. The van der Waals surface area contributed by atoms with Crippen LogP contribution in [0.2, 0.25) is 0 Å². The zero-order valence-electron chi connectivity index (χ0n) is 6.96. The molecule has 0 rings (SSSR count). The van der Waals surface area contributed by atoms with Crippen LogP contribution >= 0.6 is 0 Å². The van der Waals surface area contributed by atoms with Crippen molar-refractivity contribution in [2.24, 2.45) is 0 Å². The summed E-state index contributed by atoms with van der Waals surface area (Å²) < 4.78 is 0. The smallest absolute Gasteiger partial charge is 0.0859 e. The topological polar surface area (TPSA) is 27.1 Å². The van der Waals surface area contributed by atoms with Crippen molar-refractivity contribution >= 4 is 6.34 Å². The van der Waals surface area contributed by atoms with Crippen molar-refractivity contribution in [1.82, 2.24) is 4.90 Å². The predicted octanol–water partition coefficient (Wildman–Crippen LogP) is 2.23. The van der Waals surface area contributed by atoms with Gasteiger partial charge in [-0.1, -0.05) is 13.0 Å². The molecule has 0 radical (unpaired) electrons. The number of allylic oxidation sites excluding steroid dienone is 1. The zero-order valence-corrected chi connectivity index (χ0v) is 6.96. The molecule has 0 unspecified atom stereocenters. The van der Waals surface area contributed by atoms with Gasteiger partial charge in [0, 0.05) is 12.2 Å². The van der Waals surface area contributed by atoms with Crippen molar-refractivity contribution in [3.63, 3.8) is 0 Å². The molecule has 58 valence electrons. The Morgan fingerprint density at radius 2 is 2.10 bits per heavy atom. The number of hydrogen-bond donors (Lipinski definition) is 1. The first-order valence-electron chi connectivity index (χ1n) is 3.67. The van der Waals surface area contributed by atoms with Crippen LogP contribution < -0.4 is 0 Å². The Morgan fingerprint density at radius 3 is 2.40 bits per heavy atom. The monoisotopic (exact) mass is 140 g/mol. The lowest BCUT2D eigenvalue weighted by Gasteiger charge is -2.17. The maximum Gasteiger partial charge on any atom is 0.0859 e. The third kappa shape index (κ3) is 3.28. The minimum absolute atomic E-state index is 0.389. The van der Waals surface area contributed by atoms with Gasteiger partial charge in [0.1, 0.15) is 0 Å². The highest BCUT2D eigenvalue weighted by Crippen LogP contribution is 1.95. The molecule has 2 heteroatoms. The lowest BCUT2D eigenvalue weighted by atomic mass is 10.3. The van der Waals surface area contributed by atoms with Crippen molar-refractivity contribution in [1.29, 1.82) is 5.41 Å². The molecule has 0 aromatic heterocycles. The summed E-state index contributed by atoms with van der Waals surface area (Å²) in [7, 11) is 0. The lowest BCUT2D eigenvalue weighted by molar-refractivity contribution is 0.467. The van der Waals surface area contributed by atoms with Gasteiger partial charge in [-0.05, 0) is 20.3 Å². The second-order valence-corrected chi connectivity index (χ2v) is 2.46. The van der Waals surface area contributed by atoms with Crippen molar-refractivity contribution in [2.75, 3.05) is 0 Å².